The normalized spacial score (nSPS) is 10.4. The van der Waals surface area contributed by atoms with Crippen LogP contribution < -0.4 is 20.1 Å². The number of anilines is 2. The lowest BCUT2D eigenvalue weighted by Crippen LogP contribution is -2.15. The molecular formula is C26H19ClFN3O4. The molecular weight excluding hydrogens is 473 g/mol. The molecule has 2 N–H and O–H groups in total. The molecule has 1 heterocycles. The summed E-state index contributed by atoms with van der Waals surface area (Å²) in [6.45, 7) is 0. The highest BCUT2D eigenvalue weighted by Crippen LogP contribution is 2.29. The highest BCUT2D eigenvalue weighted by molar-refractivity contribution is 6.30. The van der Waals surface area contributed by atoms with Crippen molar-refractivity contribution in [2.24, 2.45) is 0 Å². The van der Waals surface area contributed by atoms with Gasteiger partial charge < -0.3 is 20.1 Å². The van der Waals surface area contributed by atoms with Crippen LogP contribution in [0.2, 0.25) is 5.02 Å². The van der Waals surface area contributed by atoms with Crippen LogP contribution in [-0.4, -0.2) is 23.9 Å². The Balaban J connectivity index is 1.47. The molecule has 0 saturated heterocycles. The van der Waals surface area contributed by atoms with Crippen LogP contribution in [0.3, 0.4) is 0 Å². The van der Waals surface area contributed by atoms with Crippen molar-refractivity contribution in [1.29, 1.82) is 0 Å². The van der Waals surface area contributed by atoms with Gasteiger partial charge in [0.2, 0.25) is 0 Å². The van der Waals surface area contributed by atoms with Crippen molar-refractivity contribution in [2.45, 2.75) is 0 Å². The van der Waals surface area contributed by atoms with Gasteiger partial charge in [0, 0.05) is 22.5 Å². The molecule has 4 aromatic rings. The van der Waals surface area contributed by atoms with Crippen LogP contribution in [-0.2, 0) is 0 Å². The van der Waals surface area contributed by atoms with E-state index in [1.54, 1.807) is 60.9 Å². The van der Waals surface area contributed by atoms with Gasteiger partial charge in [-0.25, -0.2) is 4.39 Å². The third-order valence-electron chi connectivity index (χ3n) is 4.87. The second kappa shape index (κ2) is 10.7. The van der Waals surface area contributed by atoms with E-state index in [-0.39, 0.29) is 22.2 Å². The number of rotatable bonds is 7. The van der Waals surface area contributed by atoms with E-state index in [1.807, 2.05) is 0 Å². The van der Waals surface area contributed by atoms with E-state index >= 15 is 0 Å². The molecule has 0 aliphatic rings. The lowest BCUT2D eigenvalue weighted by Gasteiger charge is -2.13. The summed E-state index contributed by atoms with van der Waals surface area (Å²) >= 11 is 5.75. The summed E-state index contributed by atoms with van der Waals surface area (Å²) in [6.07, 6.45) is 3.23. The number of carbonyl (C=O) groups is 2. The molecule has 1 aromatic heterocycles. The Morgan fingerprint density at radius 2 is 1.71 bits per heavy atom. The van der Waals surface area contributed by atoms with E-state index in [2.05, 4.69) is 15.6 Å². The molecule has 35 heavy (non-hydrogen) atoms. The van der Waals surface area contributed by atoms with Crippen LogP contribution in [0.4, 0.5) is 15.8 Å². The topological polar surface area (TPSA) is 89.6 Å². The first-order valence-corrected chi connectivity index (χ1v) is 10.7. The third kappa shape index (κ3) is 5.93. The van der Waals surface area contributed by atoms with Gasteiger partial charge in [-0.2, -0.15) is 0 Å². The highest BCUT2D eigenvalue weighted by atomic mass is 35.5. The van der Waals surface area contributed by atoms with E-state index < -0.39 is 11.7 Å². The van der Waals surface area contributed by atoms with Crippen molar-refractivity contribution in [1.82, 2.24) is 4.98 Å². The maximum absolute atomic E-state index is 14.1. The van der Waals surface area contributed by atoms with Gasteiger partial charge in [0.15, 0.2) is 0 Å². The van der Waals surface area contributed by atoms with Crippen LogP contribution in [0.5, 0.6) is 17.2 Å². The number of hydrogen-bond donors (Lipinski definition) is 2. The van der Waals surface area contributed by atoms with Gasteiger partial charge in [-0.1, -0.05) is 11.6 Å². The minimum absolute atomic E-state index is 0.179. The Labute approximate surface area is 205 Å². The van der Waals surface area contributed by atoms with Gasteiger partial charge in [-0.05, 0) is 72.8 Å². The molecule has 2 amide bonds. The van der Waals surface area contributed by atoms with Crippen molar-refractivity contribution in [3.05, 3.63) is 107 Å². The molecule has 0 spiro atoms. The smallest absolute Gasteiger partial charge is 0.258 e. The number of amides is 2. The second-order valence-electron chi connectivity index (χ2n) is 7.26. The standard InChI is InChI=1S/C26H19ClFN3O4/c1-34-24-11-7-18(14-23(24)31-26(33)21-10-6-17(27)13-22(21)28)30-25(32)16-4-8-19(9-5-16)35-20-3-2-12-29-15-20/h2-15H,1H3,(H,30,32)(H,31,33). The maximum Gasteiger partial charge on any atom is 0.258 e. The number of pyridine rings is 1. The van der Waals surface area contributed by atoms with Gasteiger partial charge in [0.25, 0.3) is 11.8 Å². The number of halogens is 2. The number of benzene rings is 3. The monoisotopic (exact) mass is 491 g/mol. The minimum atomic E-state index is -0.755. The number of nitrogens with one attached hydrogen (secondary N) is 2. The molecule has 0 radical (unpaired) electrons. The quantitative estimate of drug-likeness (QED) is 0.322. The first-order chi connectivity index (χ1) is 16.9. The first kappa shape index (κ1) is 23.7. The van der Waals surface area contributed by atoms with E-state index in [1.165, 1.54) is 25.3 Å². The molecule has 176 valence electrons. The first-order valence-electron chi connectivity index (χ1n) is 10.4. The predicted molar refractivity (Wildman–Crippen MR) is 131 cm³/mol. The number of nitrogens with zero attached hydrogens (tertiary/aromatic N) is 1. The largest absolute Gasteiger partial charge is 0.495 e. The van der Waals surface area contributed by atoms with Crippen molar-refractivity contribution in [3.8, 4) is 17.2 Å². The zero-order chi connectivity index (χ0) is 24.8. The Kier molecular flexibility index (Phi) is 7.23. The predicted octanol–water partition coefficient (Wildman–Crippen LogP) is 6.18. The Hall–Kier alpha value is -4.43. The fourth-order valence-electron chi connectivity index (χ4n) is 3.17. The number of hydrogen-bond acceptors (Lipinski definition) is 5. The molecule has 0 aliphatic heterocycles. The summed E-state index contributed by atoms with van der Waals surface area (Å²) in [5, 5.41) is 5.54. The van der Waals surface area contributed by atoms with Crippen LogP contribution in [0.1, 0.15) is 20.7 Å². The molecule has 7 nitrogen and oxygen atoms in total. The summed E-state index contributed by atoms with van der Waals surface area (Å²) in [4.78, 5) is 29.3. The maximum atomic E-state index is 14.1. The van der Waals surface area contributed by atoms with Crippen LogP contribution in [0.15, 0.2) is 85.2 Å². The van der Waals surface area contributed by atoms with Crippen molar-refractivity contribution >= 4 is 34.8 Å². The number of methoxy groups -OCH3 is 1. The number of aromatic nitrogens is 1. The summed E-state index contributed by atoms with van der Waals surface area (Å²) < 4.78 is 25.1. The summed E-state index contributed by atoms with van der Waals surface area (Å²) in [7, 11) is 1.43. The summed E-state index contributed by atoms with van der Waals surface area (Å²) in [5.74, 6) is -0.347. The zero-order valence-corrected chi connectivity index (χ0v) is 19.2. The lowest BCUT2D eigenvalue weighted by molar-refractivity contribution is 0.101. The summed E-state index contributed by atoms with van der Waals surface area (Å²) in [5.41, 5.74) is 0.871. The minimum Gasteiger partial charge on any atom is -0.495 e. The highest BCUT2D eigenvalue weighted by Gasteiger charge is 2.16. The van der Waals surface area contributed by atoms with Crippen molar-refractivity contribution in [2.75, 3.05) is 17.7 Å². The fourth-order valence-corrected chi connectivity index (χ4v) is 3.33. The average Bonchev–Trinajstić information content (AvgIpc) is 2.85. The Morgan fingerprint density at radius 1 is 0.914 bits per heavy atom. The molecule has 3 aromatic carbocycles. The molecule has 0 bridgehead atoms. The van der Waals surface area contributed by atoms with Crippen LogP contribution >= 0.6 is 11.6 Å². The Bertz CT molecular complexity index is 1370. The van der Waals surface area contributed by atoms with Crippen molar-refractivity contribution < 1.29 is 23.5 Å². The average molecular weight is 492 g/mol. The van der Waals surface area contributed by atoms with Gasteiger partial charge in [-0.15, -0.1) is 0 Å². The lowest BCUT2D eigenvalue weighted by atomic mass is 10.1. The van der Waals surface area contributed by atoms with Gasteiger partial charge in [0.05, 0.1) is 24.6 Å². The molecule has 0 atom stereocenters. The van der Waals surface area contributed by atoms with Gasteiger partial charge >= 0.3 is 0 Å². The van der Waals surface area contributed by atoms with E-state index in [9.17, 15) is 14.0 Å². The van der Waals surface area contributed by atoms with E-state index in [0.717, 1.165) is 6.07 Å². The molecule has 9 heteroatoms. The van der Waals surface area contributed by atoms with Gasteiger partial charge in [-0.3, -0.25) is 14.6 Å². The molecule has 0 aliphatic carbocycles. The van der Waals surface area contributed by atoms with E-state index in [0.29, 0.717) is 28.5 Å². The molecule has 4 rings (SSSR count). The van der Waals surface area contributed by atoms with E-state index in [4.69, 9.17) is 21.1 Å². The zero-order valence-electron chi connectivity index (χ0n) is 18.4. The fraction of sp³-hybridized carbons (Fsp3) is 0.0385. The summed E-state index contributed by atoms with van der Waals surface area (Å²) in [6, 6.07) is 18.6. The third-order valence-corrected chi connectivity index (χ3v) is 5.10. The van der Waals surface area contributed by atoms with Gasteiger partial charge in [0.1, 0.15) is 23.1 Å². The molecule has 0 unspecified atom stereocenters. The molecule has 0 fully saturated rings. The van der Waals surface area contributed by atoms with Crippen LogP contribution in [0.25, 0.3) is 0 Å². The number of carbonyl (C=O) groups excluding carboxylic acids is 2. The molecule has 0 saturated carbocycles. The van der Waals surface area contributed by atoms with Crippen molar-refractivity contribution in [3.63, 3.8) is 0 Å². The van der Waals surface area contributed by atoms with Crippen LogP contribution in [0, 0.1) is 5.82 Å². The number of ether oxygens (including phenoxy) is 2. The SMILES string of the molecule is COc1ccc(NC(=O)c2ccc(Oc3cccnc3)cc2)cc1NC(=O)c1ccc(Cl)cc1F. The Morgan fingerprint density at radius 3 is 2.40 bits per heavy atom. The second-order valence-corrected chi connectivity index (χ2v) is 7.70.